The summed E-state index contributed by atoms with van der Waals surface area (Å²) < 4.78 is 5.60. The van der Waals surface area contributed by atoms with Gasteiger partial charge in [-0.1, -0.05) is 67.1 Å². The smallest absolute Gasteiger partial charge is 0.407 e. The lowest BCUT2D eigenvalue weighted by atomic mass is 9.98. The Morgan fingerprint density at radius 2 is 1.59 bits per heavy atom. The molecule has 0 aromatic heterocycles. The van der Waals surface area contributed by atoms with E-state index in [0.29, 0.717) is 19.3 Å². The number of carboxylic acids is 1. The van der Waals surface area contributed by atoms with E-state index in [1.165, 1.54) is 11.1 Å². The predicted octanol–water partition coefficient (Wildman–Crippen LogP) is 3.84. The Labute approximate surface area is 198 Å². The Kier molecular flexibility index (Phi) is 6.09. The molecular weight excluding hydrogens is 432 g/mol. The first-order valence-electron chi connectivity index (χ1n) is 11.8. The molecule has 176 valence electrons. The summed E-state index contributed by atoms with van der Waals surface area (Å²) in [4.78, 5) is 36.5. The highest BCUT2D eigenvalue weighted by molar-refractivity contribution is 5.83. The van der Waals surface area contributed by atoms with Crippen LogP contribution in [-0.2, 0) is 14.3 Å². The normalized spacial score (nSPS) is 24.9. The van der Waals surface area contributed by atoms with E-state index < -0.39 is 23.9 Å². The van der Waals surface area contributed by atoms with Crippen molar-refractivity contribution >= 4 is 18.0 Å². The van der Waals surface area contributed by atoms with E-state index in [9.17, 15) is 19.5 Å². The summed E-state index contributed by atoms with van der Waals surface area (Å²) >= 11 is 0. The number of fused-ring (bicyclic) bond motifs is 3. The molecule has 0 aliphatic heterocycles. The minimum Gasteiger partial charge on any atom is -0.481 e. The van der Waals surface area contributed by atoms with Crippen molar-refractivity contribution in [3.63, 3.8) is 0 Å². The molecule has 2 amide bonds. The monoisotopic (exact) mass is 460 g/mol. The summed E-state index contributed by atoms with van der Waals surface area (Å²) in [6, 6.07) is 15.7. The van der Waals surface area contributed by atoms with Crippen molar-refractivity contribution in [1.29, 1.82) is 0 Å². The first-order valence-corrected chi connectivity index (χ1v) is 11.8. The van der Waals surface area contributed by atoms with Crippen LogP contribution < -0.4 is 10.6 Å². The number of aliphatic carboxylic acids is 1. The highest BCUT2D eigenvalue weighted by Gasteiger charge is 2.36. The molecule has 2 aromatic carbocycles. The van der Waals surface area contributed by atoms with Crippen molar-refractivity contribution in [3.8, 4) is 11.1 Å². The number of carbonyl (C=O) groups is 3. The van der Waals surface area contributed by atoms with Gasteiger partial charge in [0.25, 0.3) is 0 Å². The van der Waals surface area contributed by atoms with Crippen LogP contribution in [0.2, 0.25) is 0 Å². The molecule has 0 heterocycles. The van der Waals surface area contributed by atoms with Crippen LogP contribution in [-0.4, -0.2) is 41.8 Å². The molecule has 1 saturated carbocycles. The predicted molar refractivity (Wildman–Crippen MR) is 126 cm³/mol. The molecule has 0 spiro atoms. The van der Waals surface area contributed by atoms with E-state index in [0.717, 1.165) is 17.5 Å². The molecule has 0 bridgehead atoms. The van der Waals surface area contributed by atoms with Gasteiger partial charge < -0.3 is 20.5 Å². The first kappa shape index (κ1) is 22.2. The molecule has 0 saturated heterocycles. The number of hydrogen-bond acceptors (Lipinski definition) is 4. The maximum atomic E-state index is 12.6. The van der Waals surface area contributed by atoms with Crippen LogP contribution in [0, 0.1) is 11.8 Å². The van der Waals surface area contributed by atoms with E-state index >= 15 is 0 Å². The lowest BCUT2D eigenvalue weighted by Crippen LogP contribution is -2.43. The van der Waals surface area contributed by atoms with Gasteiger partial charge in [-0.05, 0) is 41.5 Å². The Morgan fingerprint density at radius 1 is 0.912 bits per heavy atom. The zero-order valence-electron chi connectivity index (χ0n) is 18.8. The summed E-state index contributed by atoms with van der Waals surface area (Å²) in [5.41, 5.74) is 4.65. The summed E-state index contributed by atoms with van der Waals surface area (Å²) in [6.45, 7) is 0.235. The summed E-state index contributed by atoms with van der Waals surface area (Å²) in [5.74, 6) is -1.98. The van der Waals surface area contributed by atoms with E-state index in [1.54, 1.807) is 12.2 Å². The third-order valence-electron chi connectivity index (χ3n) is 7.23. The van der Waals surface area contributed by atoms with Crippen molar-refractivity contribution in [2.24, 2.45) is 11.8 Å². The fourth-order valence-corrected chi connectivity index (χ4v) is 5.51. The fraction of sp³-hybridized carbons (Fsp3) is 0.370. The largest absolute Gasteiger partial charge is 0.481 e. The number of benzene rings is 2. The lowest BCUT2D eigenvalue weighted by Gasteiger charge is -2.20. The van der Waals surface area contributed by atoms with Crippen LogP contribution >= 0.6 is 0 Å². The number of hydrogen-bond donors (Lipinski definition) is 3. The van der Waals surface area contributed by atoms with Crippen molar-refractivity contribution in [1.82, 2.24) is 10.6 Å². The molecule has 4 unspecified atom stereocenters. The van der Waals surface area contributed by atoms with E-state index in [1.807, 2.05) is 24.3 Å². The van der Waals surface area contributed by atoms with Crippen LogP contribution in [0.25, 0.3) is 11.1 Å². The lowest BCUT2D eigenvalue weighted by molar-refractivity contribution is -0.142. The van der Waals surface area contributed by atoms with Crippen LogP contribution in [0.1, 0.15) is 42.7 Å². The zero-order valence-corrected chi connectivity index (χ0v) is 18.8. The Hall–Kier alpha value is -3.61. The molecule has 5 rings (SSSR count). The van der Waals surface area contributed by atoms with Crippen molar-refractivity contribution in [2.75, 3.05) is 6.61 Å². The highest BCUT2D eigenvalue weighted by Crippen LogP contribution is 2.44. The zero-order chi connectivity index (χ0) is 23.7. The number of rotatable bonds is 6. The van der Waals surface area contributed by atoms with Gasteiger partial charge in [-0.25, -0.2) is 4.79 Å². The average Bonchev–Trinajstić information content (AvgIpc) is 3.56. The van der Waals surface area contributed by atoms with Gasteiger partial charge in [-0.2, -0.15) is 0 Å². The van der Waals surface area contributed by atoms with Gasteiger partial charge in [-0.15, -0.1) is 0 Å². The molecule has 3 aliphatic rings. The summed E-state index contributed by atoms with van der Waals surface area (Å²) in [7, 11) is 0. The Bertz CT molecular complexity index is 1100. The molecule has 7 nitrogen and oxygen atoms in total. The van der Waals surface area contributed by atoms with Gasteiger partial charge in [0.15, 0.2) is 0 Å². The summed E-state index contributed by atoms with van der Waals surface area (Å²) in [6.07, 6.45) is 5.56. The maximum Gasteiger partial charge on any atom is 0.407 e. The van der Waals surface area contributed by atoms with Gasteiger partial charge in [0, 0.05) is 12.0 Å². The third-order valence-corrected chi connectivity index (χ3v) is 7.23. The Morgan fingerprint density at radius 3 is 2.26 bits per heavy atom. The van der Waals surface area contributed by atoms with Gasteiger partial charge >= 0.3 is 12.1 Å². The number of nitrogens with one attached hydrogen (secondary N) is 2. The second kappa shape index (κ2) is 9.33. The first-order chi connectivity index (χ1) is 16.5. The van der Waals surface area contributed by atoms with E-state index in [4.69, 9.17) is 4.74 Å². The molecule has 2 aromatic rings. The van der Waals surface area contributed by atoms with Crippen LogP contribution in [0.3, 0.4) is 0 Å². The van der Waals surface area contributed by atoms with Crippen LogP contribution in [0.5, 0.6) is 0 Å². The molecule has 34 heavy (non-hydrogen) atoms. The third kappa shape index (κ3) is 4.30. The second-order valence-corrected chi connectivity index (χ2v) is 9.29. The topological polar surface area (TPSA) is 105 Å². The minimum absolute atomic E-state index is 0.00982. The molecule has 4 atom stereocenters. The van der Waals surface area contributed by atoms with Gasteiger partial charge in [0.05, 0.1) is 17.9 Å². The number of alkyl carbamates (subject to hydrolysis) is 1. The second-order valence-electron chi connectivity index (χ2n) is 9.29. The van der Waals surface area contributed by atoms with Gasteiger partial charge in [0.2, 0.25) is 5.91 Å². The van der Waals surface area contributed by atoms with Gasteiger partial charge in [0.1, 0.15) is 6.61 Å². The molecule has 3 N–H and O–H groups in total. The summed E-state index contributed by atoms with van der Waals surface area (Å²) in [5, 5.41) is 15.0. The van der Waals surface area contributed by atoms with Crippen molar-refractivity contribution < 1.29 is 24.2 Å². The number of carboxylic acid groups (broad SMARTS) is 1. The fourth-order valence-electron chi connectivity index (χ4n) is 5.51. The molecular formula is C27H28N2O5. The standard InChI is InChI=1S/C27H28N2O5/c30-25(29-24-11-5-10-22(24)26(31)32)16-12-13-17(14-16)28-27(33)34-15-23-20-8-3-1-6-18(20)19-7-2-4-9-21(19)23/h1-4,6-9,12-13,16-17,22-24H,5,10-11,14-15H2,(H,28,33)(H,29,30)(H,31,32). The molecule has 3 aliphatic carbocycles. The van der Waals surface area contributed by atoms with Crippen molar-refractivity contribution in [2.45, 2.75) is 43.7 Å². The van der Waals surface area contributed by atoms with Crippen LogP contribution in [0.15, 0.2) is 60.7 Å². The Balaban J connectivity index is 1.13. The minimum atomic E-state index is -0.862. The van der Waals surface area contributed by atoms with E-state index in [2.05, 4.69) is 34.9 Å². The van der Waals surface area contributed by atoms with Gasteiger partial charge in [-0.3, -0.25) is 9.59 Å². The molecule has 7 heteroatoms. The van der Waals surface area contributed by atoms with E-state index in [-0.39, 0.29) is 30.5 Å². The molecule has 1 fully saturated rings. The number of ether oxygens (including phenoxy) is 1. The highest BCUT2D eigenvalue weighted by atomic mass is 16.5. The quantitative estimate of drug-likeness (QED) is 0.568. The average molecular weight is 461 g/mol. The maximum absolute atomic E-state index is 12.6. The number of carbonyl (C=O) groups excluding carboxylic acids is 2. The van der Waals surface area contributed by atoms with Crippen molar-refractivity contribution in [3.05, 3.63) is 71.8 Å². The number of amides is 2. The SMILES string of the molecule is O=C(NC1C=CC(C(=O)NC2CCCC2C(=O)O)C1)OCC1c2ccccc2-c2ccccc21. The van der Waals surface area contributed by atoms with Crippen LogP contribution in [0.4, 0.5) is 4.79 Å². The molecule has 0 radical (unpaired) electrons.